The molecule has 0 spiro atoms. The van der Waals surface area contributed by atoms with E-state index in [0.717, 1.165) is 31.9 Å². The summed E-state index contributed by atoms with van der Waals surface area (Å²) in [5.74, 6) is 1.05. The summed E-state index contributed by atoms with van der Waals surface area (Å²) in [6.45, 7) is 4.55. The zero-order valence-electron chi connectivity index (χ0n) is 10.8. The van der Waals surface area contributed by atoms with E-state index in [1.54, 1.807) is 6.20 Å². The van der Waals surface area contributed by atoms with Crippen molar-refractivity contribution in [1.82, 2.24) is 19.8 Å². The zero-order valence-corrected chi connectivity index (χ0v) is 10.8. The molecule has 1 aromatic heterocycles. The lowest BCUT2D eigenvalue weighted by molar-refractivity contribution is 0.301. The summed E-state index contributed by atoms with van der Waals surface area (Å²) in [5, 5.41) is 12.1. The smallest absolute Gasteiger partial charge is 0.122 e. The predicted octanol–water partition coefficient (Wildman–Crippen LogP) is 0.744. The molecule has 0 aromatic carbocycles. The van der Waals surface area contributed by atoms with E-state index in [1.165, 1.54) is 0 Å². The third-order valence-corrected chi connectivity index (χ3v) is 2.74. The highest BCUT2D eigenvalue weighted by Gasteiger charge is 2.09. The molecule has 0 saturated heterocycles. The van der Waals surface area contributed by atoms with Crippen LogP contribution in [0.25, 0.3) is 0 Å². The summed E-state index contributed by atoms with van der Waals surface area (Å²) >= 11 is 0. The lowest BCUT2D eigenvalue weighted by Crippen LogP contribution is -2.32. The highest BCUT2D eigenvalue weighted by molar-refractivity contribution is 4.92. The average molecular weight is 235 g/mol. The molecule has 0 aliphatic carbocycles. The molecule has 1 N–H and O–H groups in total. The maximum atomic E-state index is 8.92. The molecule has 0 fully saturated rings. The zero-order chi connectivity index (χ0) is 12.7. The number of hydrogen-bond donors (Lipinski definition) is 1. The first kappa shape index (κ1) is 13.7. The van der Waals surface area contributed by atoms with Gasteiger partial charge in [0.1, 0.15) is 5.82 Å². The number of nitriles is 1. The maximum Gasteiger partial charge on any atom is 0.122 e. The minimum absolute atomic E-state index is 0.0520. The third kappa shape index (κ3) is 4.55. The fourth-order valence-electron chi connectivity index (χ4n) is 1.68. The van der Waals surface area contributed by atoms with Crippen LogP contribution in [0.15, 0.2) is 12.4 Å². The molecule has 0 saturated carbocycles. The Labute approximate surface area is 103 Å². The van der Waals surface area contributed by atoms with Crippen molar-refractivity contribution in [3.8, 4) is 6.07 Å². The molecule has 1 rings (SSSR count). The fourth-order valence-corrected chi connectivity index (χ4v) is 1.68. The molecule has 0 aliphatic rings. The Morgan fingerprint density at radius 2 is 2.41 bits per heavy atom. The van der Waals surface area contributed by atoms with Crippen LogP contribution in [0.5, 0.6) is 0 Å². The number of nitrogens with zero attached hydrogens (tertiary/aromatic N) is 4. The van der Waals surface area contributed by atoms with Crippen LogP contribution in [0.3, 0.4) is 0 Å². The van der Waals surface area contributed by atoms with E-state index in [0.29, 0.717) is 0 Å². The van der Waals surface area contributed by atoms with Crippen molar-refractivity contribution >= 4 is 0 Å². The molecule has 1 aromatic rings. The van der Waals surface area contributed by atoms with Gasteiger partial charge in [0, 0.05) is 26.0 Å². The molecule has 5 nitrogen and oxygen atoms in total. The predicted molar refractivity (Wildman–Crippen MR) is 67.2 cm³/mol. The molecule has 1 atom stereocenters. The summed E-state index contributed by atoms with van der Waals surface area (Å²) < 4.78 is 2.02. The van der Waals surface area contributed by atoms with E-state index in [4.69, 9.17) is 5.26 Å². The molecule has 5 heteroatoms. The number of rotatable bonds is 7. The quantitative estimate of drug-likeness (QED) is 0.757. The first-order chi connectivity index (χ1) is 8.17. The summed E-state index contributed by atoms with van der Waals surface area (Å²) in [7, 11) is 4.04. The van der Waals surface area contributed by atoms with Gasteiger partial charge in [-0.1, -0.05) is 6.92 Å². The van der Waals surface area contributed by atoms with Crippen molar-refractivity contribution in [1.29, 1.82) is 5.26 Å². The molecular weight excluding hydrogens is 214 g/mol. The van der Waals surface area contributed by atoms with Gasteiger partial charge in [-0.3, -0.25) is 4.90 Å². The van der Waals surface area contributed by atoms with Gasteiger partial charge < -0.3 is 9.88 Å². The van der Waals surface area contributed by atoms with Crippen molar-refractivity contribution < 1.29 is 0 Å². The molecule has 0 aliphatic heterocycles. The van der Waals surface area contributed by atoms with E-state index in [9.17, 15) is 0 Å². The Morgan fingerprint density at radius 1 is 1.65 bits per heavy atom. The van der Waals surface area contributed by atoms with E-state index >= 15 is 0 Å². The Balaban J connectivity index is 2.33. The second-order valence-corrected chi connectivity index (χ2v) is 4.22. The Morgan fingerprint density at radius 3 is 2.94 bits per heavy atom. The van der Waals surface area contributed by atoms with Crippen LogP contribution in [-0.2, 0) is 13.6 Å². The third-order valence-electron chi connectivity index (χ3n) is 2.74. The van der Waals surface area contributed by atoms with Crippen LogP contribution < -0.4 is 5.32 Å². The number of aromatic nitrogens is 2. The molecule has 17 heavy (non-hydrogen) atoms. The van der Waals surface area contributed by atoms with E-state index in [2.05, 4.69) is 28.3 Å². The molecule has 1 heterocycles. The van der Waals surface area contributed by atoms with Gasteiger partial charge in [-0.2, -0.15) is 5.26 Å². The number of nitrogens with one attached hydrogen (secondary N) is 1. The van der Waals surface area contributed by atoms with Crippen LogP contribution in [0, 0.1) is 11.3 Å². The average Bonchev–Trinajstić information content (AvgIpc) is 2.70. The largest absolute Gasteiger partial charge is 0.337 e. The lowest BCUT2D eigenvalue weighted by atomic mass is 10.2. The summed E-state index contributed by atoms with van der Waals surface area (Å²) in [6.07, 6.45) is 4.59. The van der Waals surface area contributed by atoms with Crippen molar-refractivity contribution in [3.05, 3.63) is 18.2 Å². The lowest BCUT2D eigenvalue weighted by Gasteiger charge is -2.18. The van der Waals surface area contributed by atoms with Crippen molar-refractivity contribution in [2.75, 3.05) is 20.1 Å². The Hall–Kier alpha value is -1.38. The highest BCUT2D eigenvalue weighted by Crippen LogP contribution is 2.01. The first-order valence-electron chi connectivity index (χ1n) is 5.95. The summed E-state index contributed by atoms with van der Waals surface area (Å²) in [5.41, 5.74) is 0. The van der Waals surface area contributed by atoms with Gasteiger partial charge in [-0.25, -0.2) is 4.98 Å². The van der Waals surface area contributed by atoms with Gasteiger partial charge >= 0.3 is 0 Å². The number of imidazole rings is 1. The van der Waals surface area contributed by atoms with E-state index < -0.39 is 0 Å². The summed E-state index contributed by atoms with van der Waals surface area (Å²) in [4.78, 5) is 6.46. The SMILES string of the molecule is CCNC(C#N)CCN(C)Cc1nccn1C. The molecule has 1 unspecified atom stereocenters. The second-order valence-electron chi connectivity index (χ2n) is 4.22. The Bertz CT molecular complexity index is 365. The van der Waals surface area contributed by atoms with Gasteiger partial charge in [-0.15, -0.1) is 0 Å². The van der Waals surface area contributed by atoms with E-state index in [-0.39, 0.29) is 6.04 Å². The van der Waals surface area contributed by atoms with Gasteiger partial charge in [0.15, 0.2) is 0 Å². The van der Waals surface area contributed by atoms with Crippen LogP contribution in [0.2, 0.25) is 0 Å². The van der Waals surface area contributed by atoms with Crippen LogP contribution in [0.1, 0.15) is 19.2 Å². The van der Waals surface area contributed by atoms with Crippen LogP contribution in [-0.4, -0.2) is 40.6 Å². The fraction of sp³-hybridized carbons (Fsp3) is 0.667. The van der Waals surface area contributed by atoms with Gasteiger partial charge in [0.2, 0.25) is 0 Å². The van der Waals surface area contributed by atoms with Crippen LogP contribution in [0.4, 0.5) is 0 Å². The van der Waals surface area contributed by atoms with Gasteiger partial charge in [0.05, 0.1) is 18.7 Å². The minimum atomic E-state index is -0.0520. The molecule has 0 bridgehead atoms. The van der Waals surface area contributed by atoms with Gasteiger partial charge in [0.25, 0.3) is 0 Å². The van der Waals surface area contributed by atoms with Crippen molar-refractivity contribution in [3.63, 3.8) is 0 Å². The highest BCUT2D eigenvalue weighted by atomic mass is 15.1. The van der Waals surface area contributed by atoms with Gasteiger partial charge in [-0.05, 0) is 20.0 Å². The topological polar surface area (TPSA) is 56.9 Å². The maximum absolute atomic E-state index is 8.92. The minimum Gasteiger partial charge on any atom is -0.337 e. The number of aryl methyl sites for hydroxylation is 1. The molecule has 0 amide bonds. The molecule has 94 valence electrons. The molecule has 0 radical (unpaired) electrons. The molecular formula is C12H21N5. The Kier molecular flexibility index (Phi) is 5.67. The monoisotopic (exact) mass is 235 g/mol. The van der Waals surface area contributed by atoms with Crippen LogP contribution >= 0.6 is 0 Å². The second kappa shape index (κ2) is 7.05. The summed E-state index contributed by atoms with van der Waals surface area (Å²) in [6, 6.07) is 2.22. The number of hydrogen-bond acceptors (Lipinski definition) is 4. The van der Waals surface area contributed by atoms with E-state index in [1.807, 2.05) is 24.7 Å². The van der Waals surface area contributed by atoms with Crippen molar-refractivity contribution in [2.45, 2.75) is 25.9 Å². The standard InChI is InChI=1S/C12H21N5/c1-4-14-11(9-13)5-7-16(2)10-12-15-6-8-17(12)3/h6,8,11,14H,4-5,7,10H2,1-3H3. The normalized spacial score (nSPS) is 12.6. The van der Waals surface area contributed by atoms with Crippen molar-refractivity contribution in [2.24, 2.45) is 7.05 Å². The first-order valence-corrected chi connectivity index (χ1v) is 5.95.